The fourth-order valence-corrected chi connectivity index (χ4v) is 1.84. The standard InChI is InChI=1S/C15H20ClNO3/c1-4-7-17-15(18)11-9-12(16)14(20-8-5-2)13(10-11)19-6-3/h4,9-10H,1,5-8H2,2-3H3,(H,17,18). The van der Waals surface area contributed by atoms with E-state index in [1.807, 2.05) is 13.8 Å². The van der Waals surface area contributed by atoms with Gasteiger partial charge in [-0.15, -0.1) is 6.58 Å². The summed E-state index contributed by atoms with van der Waals surface area (Å²) in [6.45, 7) is 8.83. The number of halogens is 1. The molecule has 0 aromatic heterocycles. The van der Waals surface area contributed by atoms with Crippen LogP contribution in [0.4, 0.5) is 0 Å². The number of ether oxygens (including phenoxy) is 2. The van der Waals surface area contributed by atoms with Gasteiger partial charge >= 0.3 is 0 Å². The van der Waals surface area contributed by atoms with E-state index < -0.39 is 0 Å². The number of nitrogens with one attached hydrogen (secondary N) is 1. The Kier molecular flexibility index (Phi) is 6.94. The van der Waals surface area contributed by atoms with Crippen LogP contribution in [0, 0.1) is 0 Å². The Balaban J connectivity index is 3.04. The van der Waals surface area contributed by atoms with Crippen LogP contribution in [0.25, 0.3) is 0 Å². The van der Waals surface area contributed by atoms with E-state index in [4.69, 9.17) is 21.1 Å². The Hall–Kier alpha value is -1.68. The fourth-order valence-electron chi connectivity index (χ4n) is 1.57. The third-order valence-electron chi connectivity index (χ3n) is 2.43. The molecule has 0 aliphatic heterocycles. The second-order valence-electron chi connectivity index (χ2n) is 4.07. The van der Waals surface area contributed by atoms with Crippen molar-refractivity contribution >= 4 is 17.5 Å². The van der Waals surface area contributed by atoms with Crippen molar-refractivity contribution in [2.75, 3.05) is 19.8 Å². The van der Waals surface area contributed by atoms with Crippen LogP contribution in [0.3, 0.4) is 0 Å². The first-order chi connectivity index (χ1) is 9.63. The average molecular weight is 298 g/mol. The number of benzene rings is 1. The maximum absolute atomic E-state index is 11.9. The average Bonchev–Trinajstić information content (AvgIpc) is 2.44. The molecule has 0 fully saturated rings. The van der Waals surface area contributed by atoms with Gasteiger partial charge in [-0.3, -0.25) is 4.79 Å². The number of carbonyl (C=O) groups excluding carboxylic acids is 1. The van der Waals surface area contributed by atoms with Gasteiger partial charge in [-0.05, 0) is 25.5 Å². The molecule has 1 amide bonds. The van der Waals surface area contributed by atoms with Gasteiger partial charge in [0, 0.05) is 12.1 Å². The molecule has 1 N–H and O–H groups in total. The highest BCUT2D eigenvalue weighted by molar-refractivity contribution is 6.32. The lowest BCUT2D eigenvalue weighted by Crippen LogP contribution is -2.23. The van der Waals surface area contributed by atoms with Gasteiger partial charge in [0.1, 0.15) is 0 Å². The van der Waals surface area contributed by atoms with Crippen LogP contribution in [0.2, 0.25) is 5.02 Å². The molecule has 0 aliphatic rings. The summed E-state index contributed by atoms with van der Waals surface area (Å²) in [6.07, 6.45) is 2.48. The number of rotatable bonds is 8. The lowest BCUT2D eigenvalue weighted by Gasteiger charge is -2.14. The Morgan fingerprint density at radius 2 is 2.15 bits per heavy atom. The zero-order valence-electron chi connectivity index (χ0n) is 11.9. The van der Waals surface area contributed by atoms with Crippen LogP contribution in [0.1, 0.15) is 30.6 Å². The molecule has 1 aromatic carbocycles. The molecule has 0 atom stereocenters. The van der Waals surface area contributed by atoms with Crippen molar-refractivity contribution in [1.29, 1.82) is 0 Å². The molecule has 0 unspecified atom stereocenters. The summed E-state index contributed by atoms with van der Waals surface area (Å²) in [6, 6.07) is 3.21. The lowest BCUT2D eigenvalue weighted by molar-refractivity contribution is 0.0957. The van der Waals surface area contributed by atoms with Crippen molar-refractivity contribution < 1.29 is 14.3 Å². The Morgan fingerprint density at radius 1 is 1.40 bits per heavy atom. The van der Waals surface area contributed by atoms with Crippen LogP contribution in [-0.2, 0) is 0 Å². The van der Waals surface area contributed by atoms with E-state index >= 15 is 0 Å². The molecule has 0 saturated carbocycles. The van der Waals surface area contributed by atoms with E-state index in [1.54, 1.807) is 18.2 Å². The van der Waals surface area contributed by atoms with Crippen molar-refractivity contribution in [3.8, 4) is 11.5 Å². The highest BCUT2D eigenvalue weighted by Crippen LogP contribution is 2.36. The van der Waals surface area contributed by atoms with E-state index in [0.717, 1.165) is 6.42 Å². The third kappa shape index (κ3) is 4.46. The molecule has 4 nitrogen and oxygen atoms in total. The first-order valence-corrected chi connectivity index (χ1v) is 7.00. The molecule has 5 heteroatoms. The second kappa shape index (κ2) is 8.48. The molecule has 0 saturated heterocycles. The van der Waals surface area contributed by atoms with Crippen LogP contribution in [-0.4, -0.2) is 25.7 Å². The van der Waals surface area contributed by atoms with Gasteiger partial charge < -0.3 is 14.8 Å². The Morgan fingerprint density at radius 3 is 2.75 bits per heavy atom. The zero-order chi connectivity index (χ0) is 15.0. The van der Waals surface area contributed by atoms with Crippen LogP contribution in [0.15, 0.2) is 24.8 Å². The molecule has 0 bridgehead atoms. The summed E-state index contributed by atoms with van der Waals surface area (Å²) >= 11 is 6.18. The SMILES string of the molecule is C=CCNC(=O)c1cc(Cl)c(OCCC)c(OCC)c1. The van der Waals surface area contributed by atoms with Gasteiger partial charge in [0.2, 0.25) is 0 Å². The summed E-state index contributed by atoms with van der Waals surface area (Å²) < 4.78 is 11.1. The monoisotopic (exact) mass is 297 g/mol. The number of hydrogen-bond acceptors (Lipinski definition) is 3. The Bertz CT molecular complexity index is 474. The molecule has 110 valence electrons. The molecule has 1 rings (SSSR count). The lowest BCUT2D eigenvalue weighted by atomic mass is 10.2. The first kappa shape index (κ1) is 16.4. The van der Waals surface area contributed by atoms with Crippen molar-refractivity contribution in [3.63, 3.8) is 0 Å². The van der Waals surface area contributed by atoms with Crippen molar-refractivity contribution in [3.05, 3.63) is 35.4 Å². The fraction of sp³-hybridized carbons (Fsp3) is 0.400. The van der Waals surface area contributed by atoms with Crippen molar-refractivity contribution in [2.24, 2.45) is 0 Å². The van der Waals surface area contributed by atoms with Crippen LogP contribution < -0.4 is 14.8 Å². The first-order valence-electron chi connectivity index (χ1n) is 6.62. The number of amides is 1. The highest BCUT2D eigenvalue weighted by atomic mass is 35.5. The van der Waals surface area contributed by atoms with E-state index in [2.05, 4.69) is 11.9 Å². The summed E-state index contributed by atoms with van der Waals surface area (Å²) in [5.41, 5.74) is 0.434. The summed E-state index contributed by atoms with van der Waals surface area (Å²) in [4.78, 5) is 11.9. The topological polar surface area (TPSA) is 47.6 Å². The van der Waals surface area contributed by atoms with E-state index in [1.165, 1.54) is 0 Å². The van der Waals surface area contributed by atoms with Gasteiger partial charge in [0.25, 0.3) is 5.91 Å². The number of hydrogen-bond donors (Lipinski definition) is 1. The van der Waals surface area contributed by atoms with E-state index in [-0.39, 0.29) is 5.91 Å². The number of carbonyl (C=O) groups is 1. The van der Waals surface area contributed by atoms with Gasteiger partial charge in [0.05, 0.1) is 18.2 Å². The smallest absolute Gasteiger partial charge is 0.251 e. The van der Waals surface area contributed by atoms with Gasteiger partial charge in [0.15, 0.2) is 11.5 Å². The summed E-state index contributed by atoms with van der Waals surface area (Å²) in [5, 5.41) is 3.06. The largest absolute Gasteiger partial charge is 0.490 e. The molecule has 0 heterocycles. The van der Waals surface area contributed by atoms with E-state index in [0.29, 0.717) is 41.8 Å². The molecule has 0 radical (unpaired) electrons. The third-order valence-corrected chi connectivity index (χ3v) is 2.71. The molecule has 0 aliphatic carbocycles. The molecule has 1 aromatic rings. The molecule has 20 heavy (non-hydrogen) atoms. The summed E-state index contributed by atoms with van der Waals surface area (Å²) in [7, 11) is 0. The molecular formula is C15H20ClNO3. The normalized spacial score (nSPS) is 9.95. The maximum atomic E-state index is 11.9. The van der Waals surface area contributed by atoms with Gasteiger partial charge in [-0.1, -0.05) is 24.6 Å². The highest BCUT2D eigenvalue weighted by Gasteiger charge is 2.15. The van der Waals surface area contributed by atoms with Gasteiger partial charge in [-0.25, -0.2) is 0 Å². The second-order valence-corrected chi connectivity index (χ2v) is 4.47. The molecular weight excluding hydrogens is 278 g/mol. The quantitative estimate of drug-likeness (QED) is 0.748. The predicted molar refractivity (Wildman–Crippen MR) is 80.9 cm³/mol. The minimum absolute atomic E-state index is 0.227. The van der Waals surface area contributed by atoms with E-state index in [9.17, 15) is 4.79 Å². The van der Waals surface area contributed by atoms with Crippen molar-refractivity contribution in [1.82, 2.24) is 5.32 Å². The van der Waals surface area contributed by atoms with Crippen LogP contribution in [0.5, 0.6) is 11.5 Å². The minimum Gasteiger partial charge on any atom is -0.490 e. The van der Waals surface area contributed by atoms with Crippen LogP contribution >= 0.6 is 11.6 Å². The zero-order valence-corrected chi connectivity index (χ0v) is 12.6. The minimum atomic E-state index is -0.227. The van der Waals surface area contributed by atoms with Gasteiger partial charge in [-0.2, -0.15) is 0 Å². The maximum Gasteiger partial charge on any atom is 0.251 e. The molecule has 0 spiro atoms. The predicted octanol–water partition coefficient (Wildman–Crippen LogP) is 3.44. The Labute approximate surface area is 124 Å². The summed E-state index contributed by atoms with van der Waals surface area (Å²) in [5.74, 6) is 0.739. The van der Waals surface area contributed by atoms with Crippen molar-refractivity contribution in [2.45, 2.75) is 20.3 Å².